The number of aryl methyl sites for hydroxylation is 2. The van der Waals surface area contributed by atoms with Gasteiger partial charge in [0.2, 0.25) is 5.91 Å². The zero-order valence-electron chi connectivity index (χ0n) is 13.2. The van der Waals surface area contributed by atoms with E-state index in [1.54, 1.807) is 0 Å². The van der Waals surface area contributed by atoms with Crippen LogP contribution in [0.25, 0.3) is 0 Å². The van der Waals surface area contributed by atoms with Gasteiger partial charge >= 0.3 is 5.97 Å². The number of carbonyl (C=O) groups is 2. The van der Waals surface area contributed by atoms with Gasteiger partial charge in [-0.1, -0.05) is 54.6 Å². The molecular formula is C19H21NO3. The molecule has 2 N–H and O–H groups in total. The lowest BCUT2D eigenvalue weighted by Crippen LogP contribution is -2.42. The van der Waals surface area contributed by atoms with Crippen LogP contribution in [0.15, 0.2) is 54.6 Å². The number of hydrogen-bond acceptors (Lipinski definition) is 2. The summed E-state index contributed by atoms with van der Waals surface area (Å²) in [6.07, 6.45) is 1.17. The van der Waals surface area contributed by atoms with E-state index in [0.29, 0.717) is 12.8 Å². The van der Waals surface area contributed by atoms with E-state index in [1.165, 1.54) is 0 Å². The van der Waals surface area contributed by atoms with E-state index in [-0.39, 0.29) is 12.3 Å². The number of rotatable bonds is 7. The van der Waals surface area contributed by atoms with E-state index in [4.69, 9.17) is 0 Å². The monoisotopic (exact) mass is 311 g/mol. The highest BCUT2D eigenvalue weighted by Gasteiger charge is 2.20. The third-order valence-corrected chi connectivity index (χ3v) is 3.80. The highest BCUT2D eigenvalue weighted by atomic mass is 16.4. The van der Waals surface area contributed by atoms with Gasteiger partial charge in [-0.05, 0) is 30.0 Å². The topological polar surface area (TPSA) is 66.4 Å². The maximum absolute atomic E-state index is 12.0. The van der Waals surface area contributed by atoms with Gasteiger partial charge in [0, 0.05) is 12.8 Å². The van der Waals surface area contributed by atoms with Crippen LogP contribution >= 0.6 is 0 Å². The van der Waals surface area contributed by atoms with Crippen LogP contribution in [0.2, 0.25) is 0 Å². The summed E-state index contributed by atoms with van der Waals surface area (Å²) >= 11 is 0. The first-order valence-corrected chi connectivity index (χ1v) is 7.67. The maximum Gasteiger partial charge on any atom is 0.326 e. The molecule has 0 aliphatic heterocycles. The van der Waals surface area contributed by atoms with Crippen molar-refractivity contribution >= 4 is 11.9 Å². The number of benzene rings is 2. The summed E-state index contributed by atoms with van der Waals surface area (Å²) in [5, 5.41) is 12.0. The van der Waals surface area contributed by atoms with Gasteiger partial charge in [-0.3, -0.25) is 4.79 Å². The van der Waals surface area contributed by atoms with Crippen molar-refractivity contribution in [2.75, 3.05) is 0 Å². The predicted molar refractivity (Wildman–Crippen MR) is 89.2 cm³/mol. The van der Waals surface area contributed by atoms with Crippen LogP contribution in [0, 0.1) is 6.92 Å². The number of amides is 1. The molecule has 0 saturated carbocycles. The first-order valence-electron chi connectivity index (χ1n) is 7.67. The largest absolute Gasteiger partial charge is 0.480 e. The fraction of sp³-hybridized carbons (Fsp3) is 0.263. The molecule has 4 heteroatoms. The molecule has 0 aromatic heterocycles. The molecule has 0 heterocycles. The standard InChI is InChI=1S/C19H21NO3/c1-14-7-5-6-10-16(14)13-17(19(22)23)20-18(21)12-11-15-8-3-2-4-9-15/h2-10,17H,11-13H2,1H3,(H,20,21)(H,22,23)/t17-/m0/s1. The van der Waals surface area contributed by atoms with E-state index in [1.807, 2.05) is 61.5 Å². The molecule has 0 unspecified atom stereocenters. The molecule has 1 atom stereocenters. The smallest absolute Gasteiger partial charge is 0.326 e. The fourth-order valence-corrected chi connectivity index (χ4v) is 2.43. The molecule has 0 radical (unpaired) electrons. The Kier molecular flexibility index (Phi) is 5.92. The number of carboxylic acids is 1. The average molecular weight is 311 g/mol. The van der Waals surface area contributed by atoms with E-state index in [9.17, 15) is 14.7 Å². The van der Waals surface area contributed by atoms with Gasteiger partial charge in [0.15, 0.2) is 0 Å². The van der Waals surface area contributed by atoms with Crippen LogP contribution in [-0.2, 0) is 22.4 Å². The lowest BCUT2D eigenvalue weighted by molar-refractivity contribution is -0.141. The lowest BCUT2D eigenvalue weighted by Gasteiger charge is -2.16. The molecule has 0 spiro atoms. The summed E-state index contributed by atoms with van der Waals surface area (Å²) in [5.41, 5.74) is 3.02. The van der Waals surface area contributed by atoms with Crippen molar-refractivity contribution in [1.82, 2.24) is 5.32 Å². The zero-order chi connectivity index (χ0) is 16.7. The Labute approximate surface area is 136 Å². The van der Waals surface area contributed by atoms with Crippen molar-refractivity contribution < 1.29 is 14.7 Å². The predicted octanol–water partition coefficient (Wildman–Crippen LogP) is 2.74. The Morgan fingerprint density at radius 2 is 1.70 bits per heavy atom. The van der Waals surface area contributed by atoms with Gasteiger partial charge in [-0.15, -0.1) is 0 Å². The van der Waals surface area contributed by atoms with Crippen LogP contribution in [0.3, 0.4) is 0 Å². The van der Waals surface area contributed by atoms with Gasteiger partial charge < -0.3 is 10.4 Å². The SMILES string of the molecule is Cc1ccccc1C[C@H](NC(=O)CCc1ccccc1)C(=O)O. The summed E-state index contributed by atoms with van der Waals surface area (Å²) in [6, 6.07) is 16.4. The molecule has 23 heavy (non-hydrogen) atoms. The fourth-order valence-electron chi connectivity index (χ4n) is 2.43. The minimum absolute atomic E-state index is 0.241. The second-order valence-electron chi connectivity index (χ2n) is 5.57. The molecule has 2 aromatic rings. The first-order chi connectivity index (χ1) is 11.1. The molecule has 0 aliphatic carbocycles. The highest BCUT2D eigenvalue weighted by molar-refractivity contribution is 5.83. The van der Waals surface area contributed by atoms with Gasteiger partial charge in [0.05, 0.1) is 0 Å². The second kappa shape index (κ2) is 8.13. The molecule has 120 valence electrons. The van der Waals surface area contributed by atoms with Crippen LogP contribution in [-0.4, -0.2) is 23.0 Å². The Morgan fingerprint density at radius 3 is 2.35 bits per heavy atom. The van der Waals surface area contributed by atoms with Crippen molar-refractivity contribution in [3.63, 3.8) is 0 Å². The van der Waals surface area contributed by atoms with Gasteiger partial charge in [0.25, 0.3) is 0 Å². The van der Waals surface area contributed by atoms with Crippen molar-refractivity contribution in [2.24, 2.45) is 0 Å². The number of aliphatic carboxylic acids is 1. The second-order valence-corrected chi connectivity index (χ2v) is 5.57. The van der Waals surface area contributed by atoms with Crippen LogP contribution in [0.4, 0.5) is 0 Å². The highest BCUT2D eigenvalue weighted by Crippen LogP contribution is 2.10. The van der Waals surface area contributed by atoms with Crippen molar-refractivity contribution in [3.8, 4) is 0 Å². The molecule has 0 fully saturated rings. The number of hydrogen-bond donors (Lipinski definition) is 2. The molecule has 1 amide bonds. The third kappa shape index (κ3) is 5.25. The lowest BCUT2D eigenvalue weighted by atomic mass is 10.0. The van der Waals surface area contributed by atoms with Crippen molar-refractivity contribution in [2.45, 2.75) is 32.2 Å². The van der Waals surface area contributed by atoms with Gasteiger partial charge in [-0.2, -0.15) is 0 Å². The van der Waals surface area contributed by atoms with E-state index in [2.05, 4.69) is 5.32 Å². The summed E-state index contributed by atoms with van der Waals surface area (Å²) < 4.78 is 0. The molecule has 2 aromatic carbocycles. The van der Waals surface area contributed by atoms with Crippen molar-refractivity contribution in [3.05, 3.63) is 71.3 Å². The molecule has 4 nitrogen and oxygen atoms in total. The summed E-state index contributed by atoms with van der Waals surface area (Å²) in [7, 11) is 0. The number of carbonyl (C=O) groups excluding carboxylic acids is 1. The molecule has 2 rings (SSSR count). The molecule has 0 saturated heterocycles. The molecular weight excluding hydrogens is 290 g/mol. The van der Waals surface area contributed by atoms with Crippen LogP contribution < -0.4 is 5.32 Å². The van der Waals surface area contributed by atoms with Gasteiger partial charge in [0.1, 0.15) is 6.04 Å². The zero-order valence-corrected chi connectivity index (χ0v) is 13.2. The van der Waals surface area contributed by atoms with E-state index < -0.39 is 12.0 Å². The minimum atomic E-state index is -1.01. The normalized spacial score (nSPS) is 11.7. The molecule has 0 aliphatic rings. The Hall–Kier alpha value is -2.62. The minimum Gasteiger partial charge on any atom is -0.480 e. The van der Waals surface area contributed by atoms with Crippen LogP contribution in [0.5, 0.6) is 0 Å². The van der Waals surface area contributed by atoms with E-state index in [0.717, 1.165) is 16.7 Å². The van der Waals surface area contributed by atoms with Crippen molar-refractivity contribution in [1.29, 1.82) is 0 Å². The number of carboxylic acid groups (broad SMARTS) is 1. The van der Waals surface area contributed by atoms with Gasteiger partial charge in [-0.25, -0.2) is 4.79 Å². The molecule has 0 bridgehead atoms. The summed E-state index contributed by atoms with van der Waals surface area (Å²) in [5.74, 6) is -1.25. The maximum atomic E-state index is 12.0. The Morgan fingerprint density at radius 1 is 1.04 bits per heavy atom. The summed E-state index contributed by atoms with van der Waals surface area (Å²) in [6.45, 7) is 1.94. The summed E-state index contributed by atoms with van der Waals surface area (Å²) in [4.78, 5) is 23.4. The number of nitrogens with one attached hydrogen (secondary N) is 1. The quantitative estimate of drug-likeness (QED) is 0.826. The first kappa shape index (κ1) is 16.7. The Balaban J connectivity index is 1.92. The van der Waals surface area contributed by atoms with E-state index >= 15 is 0 Å². The van der Waals surface area contributed by atoms with Crippen LogP contribution in [0.1, 0.15) is 23.1 Å². The third-order valence-electron chi connectivity index (χ3n) is 3.80. The Bertz CT molecular complexity index is 667. The average Bonchev–Trinajstić information content (AvgIpc) is 2.55.